The fourth-order valence-corrected chi connectivity index (χ4v) is 3.46. The summed E-state index contributed by atoms with van der Waals surface area (Å²) < 4.78 is 11.3. The molecule has 0 fully saturated rings. The molecule has 0 saturated heterocycles. The third kappa shape index (κ3) is 6.44. The molecule has 0 spiro atoms. The molecule has 0 radical (unpaired) electrons. The Bertz CT molecular complexity index is 1330. The second-order valence-corrected chi connectivity index (χ2v) is 8.17. The van der Waals surface area contributed by atoms with Gasteiger partial charge < -0.3 is 9.47 Å². The van der Waals surface area contributed by atoms with Gasteiger partial charge >= 0.3 is 0 Å². The van der Waals surface area contributed by atoms with Crippen molar-refractivity contribution in [1.82, 2.24) is 10.4 Å². The first-order valence-electron chi connectivity index (χ1n) is 11.8. The number of hydrogen-bond donors (Lipinski definition) is 1. The molecule has 0 bridgehead atoms. The Morgan fingerprint density at radius 2 is 1.80 bits per heavy atom. The number of pyridine rings is 1. The summed E-state index contributed by atoms with van der Waals surface area (Å²) in [5.74, 6) is 1.96. The minimum absolute atomic E-state index is 0.558. The van der Waals surface area contributed by atoms with Gasteiger partial charge in [-0.25, -0.2) is 9.98 Å². The molecule has 35 heavy (non-hydrogen) atoms. The van der Waals surface area contributed by atoms with Gasteiger partial charge in [-0.2, -0.15) is 5.10 Å². The van der Waals surface area contributed by atoms with Gasteiger partial charge in [-0.1, -0.05) is 55.3 Å². The number of nitrogens with one attached hydrogen (secondary N) is 1. The number of rotatable bonds is 9. The number of aromatic nitrogens is 1. The summed E-state index contributed by atoms with van der Waals surface area (Å²) >= 11 is 0. The number of ether oxygens (including phenoxy) is 2. The minimum atomic E-state index is 0.558. The van der Waals surface area contributed by atoms with E-state index in [0.717, 1.165) is 40.7 Å². The highest BCUT2D eigenvalue weighted by Gasteiger charge is 2.08. The number of nitrogens with zero attached hydrogens (tertiary/aromatic N) is 3. The topological polar surface area (TPSA) is 68.1 Å². The fraction of sp³-hybridized carbons (Fsp3) is 0.207. The van der Waals surface area contributed by atoms with Crippen LogP contribution in [0.15, 0.2) is 89.0 Å². The molecular weight excluding hydrogens is 436 g/mol. The smallest absolute Gasteiger partial charge is 0.173 e. The average molecular weight is 467 g/mol. The quantitative estimate of drug-likeness (QED) is 0.134. The molecular formula is C29H30N4O2. The lowest BCUT2D eigenvalue weighted by Gasteiger charge is -2.11. The van der Waals surface area contributed by atoms with Crippen molar-refractivity contribution in [1.29, 1.82) is 0 Å². The van der Waals surface area contributed by atoms with Gasteiger partial charge in [0.1, 0.15) is 5.69 Å². The average Bonchev–Trinajstić information content (AvgIpc) is 2.89. The number of hydrogen-bond acceptors (Lipinski definition) is 5. The highest BCUT2D eigenvalue weighted by atomic mass is 16.5. The van der Waals surface area contributed by atoms with E-state index in [2.05, 4.69) is 24.4 Å². The van der Waals surface area contributed by atoms with Crippen LogP contribution >= 0.6 is 0 Å². The molecule has 3 aromatic carbocycles. The maximum Gasteiger partial charge on any atom is 0.173 e. The monoisotopic (exact) mass is 466 g/mol. The lowest BCUT2D eigenvalue weighted by Crippen LogP contribution is -2.20. The van der Waals surface area contributed by atoms with Crippen LogP contribution in [0.25, 0.3) is 10.9 Å². The van der Waals surface area contributed by atoms with Crippen LogP contribution in [0.5, 0.6) is 11.5 Å². The lowest BCUT2D eigenvalue weighted by molar-refractivity contribution is 0.288. The van der Waals surface area contributed by atoms with Crippen molar-refractivity contribution in [2.24, 2.45) is 10.1 Å². The molecule has 0 aliphatic carbocycles. The second-order valence-electron chi connectivity index (χ2n) is 8.17. The van der Waals surface area contributed by atoms with Crippen molar-refractivity contribution >= 4 is 28.6 Å². The van der Waals surface area contributed by atoms with Crippen LogP contribution < -0.4 is 14.9 Å². The van der Waals surface area contributed by atoms with Crippen molar-refractivity contribution in [3.8, 4) is 11.5 Å². The number of aryl methyl sites for hydroxylation is 1. The van der Waals surface area contributed by atoms with Crippen molar-refractivity contribution in [3.63, 3.8) is 0 Å². The van der Waals surface area contributed by atoms with E-state index in [0.29, 0.717) is 23.9 Å². The van der Waals surface area contributed by atoms with Crippen LogP contribution in [-0.2, 0) is 0 Å². The maximum absolute atomic E-state index is 5.82. The van der Waals surface area contributed by atoms with Crippen LogP contribution in [0.2, 0.25) is 0 Å². The van der Waals surface area contributed by atoms with E-state index < -0.39 is 0 Å². The normalized spacial score (nSPS) is 11.7. The van der Waals surface area contributed by atoms with Crippen LogP contribution in [0, 0.1) is 6.92 Å². The molecule has 178 valence electrons. The molecule has 6 nitrogen and oxygen atoms in total. The van der Waals surface area contributed by atoms with E-state index in [4.69, 9.17) is 19.5 Å². The molecule has 4 rings (SSSR count). The zero-order chi connectivity index (χ0) is 24.5. The van der Waals surface area contributed by atoms with Gasteiger partial charge in [-0.15, -0.1) is 0 Å². The summed E-state index contributed by atoms with van der Waals surface area (Å²) in [5.41, 5.74) is 7.57. The van der Waals surface area contributed by atoms with Crippen molar-refractivity contribution in [3.05, 3.63) is 95.7 Å². The summed E-state index contributed by atoms with van der Waals surface area (Å²) in [6.07, 6.45) is 3.81. The van der Waals surface area contributed by atoms with E-state index in [9.17, 15) is 0 Å². The molecule has 0 unspecified atom stereocenters. The second kappa shape index (κ2) is 11.8. The Morgan fingerprint density at radius 3 is 2.60 bits per heavy atom. The Hall–Kier alpha value is -4.19. The maximum atomic E-state index is 5.82. The fourth-order valence-electron chi connectivity index (χ4n) is 3.46. The number of benzene rings is 3. The van der Waals surface area contributed by atoms with Gasteiger partial charge in [0.25, 0.3) is 0 Å². The SMILES string of the molecule is CCCCOc1ccc(/C=N/NC(=Nc2ccc(C)cc2)c2ccc3ccccc3n2)cc1OC. The Balaban J connectivity index is 1.59. The zero-order valence-electron chi connectivity index (χ0n) is 20.4. The van der Waals surface area contributed by atoms with Crippen LogP contribution in [0.3, 0.4) is 0 Å². The van der Waals surface area contributed by atoms with Gasteiger partial charge in [-0.05, 0) is 61.4 Å². The Kier molecular flexibility index (Phi) is 8.07. The minimum Gasteiger partial charge on any atom is -0.493 e. The van der Waals surface area contributed by atoms with Gasteiger partial charge in [0.05, 0.1) is 31.1 Å². The van der Waals surface area contributed by atoms with Crippen molar-refractivity contribution in [2.45, 2.75) is 26.7 Å². The van der Waals surface area contributed by atoms with E-state index in [1.165, 1.54) is 5.56 Å². The van der Waals surface area contributed by atoms with E-state index in [1.54, 1.807) is 13.3 Å². The molecule has 0 amide bonds. The Morgan fingerprint density at radius 1 is 0.971 bits per heavy atom. The Labute approximate surface area is 206 Å². The summed E-state index contributed by atoms with van der Waals surface area (Å²) in [6.45, 7) is 4.85. The van der Waals surface area contributed by atoms with Crippen molar-refractivity contribution in [2.75, 3.05) is 13.7 Å². The van der Waals surface area contributed by atoms with Crippen molar-refractivity contribution < 1.29 is 9.47 Å². The number of fused-ring (bicyclic) bond motifs is 1. The molecule has 1 heterocycles. The summed E-state index contributed by atoms with van der Waals surface area (Å²) in [4.78, 5) is 9.57. The summed E-state index contributed by atoms with van der Waals surface area (Å²) in [6, 6.07) is 25.8. The number of aliphatic imine (C=N–C) groups is 1. The number of hydrazone groups is 1. The van der Waals surface area contributed by atoms with Gasteiger partial charge in [0.2, 0.25) is 0 Å². The summed E-state index contributed by atoms with van der Waals surface area (Å²) in [5, 5.41) is 5.52. The van der Waals surface area contributed by atoms with E-state index >= 15 is 0 Å². The molecule has 0 saturated carbocycles. The molecule has 0 aliphatic heterocycles. The highest BCUT2D eigenvalue weighted by Crippen LogP contribution is 2.27. The van der Waals surface area contributed by atoms with Gasteiger partial charge in [0.15, 0.2) is 17.3 Å². The van der Waals surface area contributed by atoms with Gasteiger partial charge in [0, 0.05) is 5.39 Å². The molecule has 0 aliphatic rings. The van der Waals surface area contributed by atoms with Crippen LogP contribution in [0.1, 0.15) is 36.6 Å². The first-order valence-corrected chi connectivity index (χ1v) is 11.8. The zero-order valence-corrected chi connectivity index (χ0v) is 20.4. The van der Waals surface area contributed by atoms with E-state index in [-0.39, 0.29) is 0 Å². The van der Waals surface area contributed by atoms with Crippen LogP contribution in [0.4, 0.5) is 5.69 Å². The van der Waals surface area contributed by atoms with Crippen LogP contribution in [-0.4, -0.2) is 30.8 Å². The number of methoxy groups -OCH3 is 1. The molecule has 4 aromatic rings. The molecule has 6 heteroatoms. The standard InChI is InChI=1S/C29H30N4O2/c1-4-5-18-35-27-17-12-22(19-28(27)34-3)20-30-33-29(31-24-14-10-21(2)11-15-24)26-16-13-23-8-6-7-9-25(23)32-26/h6-17,19-20H,4-5,18H2,1-3H3,(H,31,33)/b30-20+. The van der Waals surface area contributed by atoms with Gasteiger partial charge in [-0.3, -0.25) is 5.43 Å². The predicted octanol–water partition coefficient (Wildman–Crippen LogP) is 6.43. The molecule has 1 aromatic heterocycles. The first-order chi connectivity index (χ1) is 17.2. The number of para-hydroxylation sites is 1. The van der Waals surface area contributed by atoms with E-state index in [1.807, 2.05) is 78.9 Å². The third-order valence-corrected chi connectivity index (χ3v) is 5.44. The molecule has 0 atom stereocenters. The lowest BCUT2D eigenvalue weighted by atomic mass is 10.2. The highest BCUT2D eigenvalue weighted by molar-refractivity contribution is 6.00. The predicted molar refractivity (Wildman–Crippen MR) is 143 cm³/mol. The molecule has 1 N–H and O–H groups in total. The first kappa shape index (κ1) is 24.0. The third-order valence-electron chi connectivity index (χ3n) is 5.44. The summed E-state index contributed by atoms with van der Waals surface area (Å²) in [7, 11) is 1.64. The number of unbranched alkanes of at least 4 members (excludes halogenated alkanes) is 1. The largest absolute Gasteiger partial charge is 0.493 e. The number of amidine groups is 1.